The lowest BCUT2D eigenvalue weighted by Crippen LogP contribution is -2.47. The van der Waals surface area contributed by atoms with Crippen LogP contribution in [0.3, 0.4) is 0 Å². The van der Waals surface area contributed by atoms with Crippen LogP contribution in [0.4, 0.5) is 18.9 Å². The molecule has 0 fully saturated rings. The number of alkyl halides is 3. The summed E-state index contributed by atoms with van der Waals surface area (Å²) in [6, 6.07) is 15.3. The van der Waals surface area contributed by atoms with Gasteiger partial charge < -0.3 is 10.6 Å². The van der Waals surface area contributed by atoms with Gasteiger partial charge in [-0.2, -0.15) is 18.3 Å². The Labute approximate surface area is 205 Å². The smallest absolute Gasteiger partial charge is 0.344 e. The van der Waals surface area contributed by atoms with Crippen molar-refractivity contribution in [3.8, 4) is 5.69 Å². The minimum Gasteiger partial charge on any atom is -0.344 e. The fraction of sp³-hybridized carbons (Fsp3) is 0.231. The molecule has 0 spiro atoms. The van der Waals surface area contributed by atoms with Gasteiger partial charge in [-0.05, 0) is 40.5 Å². The molecule has 0 aliphatic heterocycles. The van der Waals surface area contributed by atoms with E-state index >= 15 is 0 Å². The molecule has 0 aliphatic rings. The van der Waals surface area contributed by atoms with Gasteiger partial charge in [0.25, 0.3) is 0 Å². The average Bonchev–Trinajstić information content (AvgIpc) is 3.37. The highest BCUT2D eigenvalue weighted by Crippen LogP contribution is 2.33. The third-order valence-corrected chi connectivity index (χ3v) is 5.74. The van der Waals surface area contributed by atoms with E-state index in [9.17, 15) is 22.8 Å². The predicted octanol–water partition coefficient (Wildman–Crippen LogP) is 4.76. The van der Waals surface area contributed by atoms with Crippen molar-refractivity contribution in [1.29, 1.82) is 0 Å². The predicted molar refractivity (Wildman–Crippen MR) is 129 cm³/mol. The van der Waals surface area contributed by atoms with Gasteiger partial charge in [-0.25, -0.2) is 9.67 Å². The van der Waals surface area contributed by atoms with Crippen LogP contribution in [0.15, 0.2) is 73.3 Å². The van der Waals surface area contributed by atoms with Crippen molar-refractivity contribution in [2.24, 2.45) is 5.92 Å². The lowest BCUT2D eigenvalue weighted by Gasteiger charge is -2.23. The molecule has 3 aromatic carbocycles. The van der Waals surface area contributed by atoms with Crippen molar-refractivity contribution in [2.45, 2.75) is 32.5 Å². The molecule has 0 aliphatic carbocycles. The van der Waals surface area contributed by atoms with Crippen molar-refractivity contribution >= 4 is 28.3 Å². The second-order valence-corrected chi connectivity index (χ2v) is 8.66. The summed E-state index contributed by atoms with van der Waals surface area (Å²) >= 11 is 0. The van der Waals surface area contributed by atoms with Crippen LogP contribution in [0.25, 0.3) is 16.5 Å². The second kappa shape index (κ2) is 10.2. The summed E-state index contributed by atoms with van der Waals surface area (Å²) in [4.78, 5) is 29.9. The average molecular weight is 496 g/mol. The summed E-state index contributed by atoms with van der Waals surface area (Å²) in [6.45, 7) is 3.49. The quantitative estimate of drug-likeness (QED) is 0.387. The van der Waals surface area contributed by atoms with E-state index in [1.807, 2.05) is 42.5 Å². The van der Waals surface area contributed by atoms with E-state index in [0.717, 1.165) is 28.5 Å². The number of anilines is 1. The molecule has 7 nitrogen and oxygen atoms in total. The molecule has 1 aromatic heterocycles. The molecule has 4 rings (SSSR count). The number of hydrogen-bond acceptors (Lipinski definition) is 4. The van der Waals surface area contributed by atoms with Gasteiger partial charge in [0.2, 0.25) is 11.8 Å². The Balaban J connectivity index is 1.56. The summed E-state index contributed by atoms with van der Waals surface area (Å²) in [5.41, 5.74) is -0.0182. The van der Waals surface area contributed by atoms with Crippen LogP contribution in [-0.4, -0.2) is 32.6 Å². The number of amides is 2. The maximum absolute atomic E-state index is 13.4. The van der Waals surface area contributed by atoms with Crippen LogP contribution in [-0.2, 0) is 22.2 Å². The van der Waals surface area contributed by atoms with Crippen LogP contribution >= 0.6 is 0 Å². The summed E-state index contributed by atoms with van der Waals surface area (Å²) in [6.07, 6.45) is -2.02. The zero-order valence-electron chi connectivity index (χ0n) is 19.6. The second-order valence-electron chi connectivity index (χ2n) is 8.66. The van der Waals surface area contributed by atoms with Crippen molar-refractivity contribution in [3.63, 3.8) is 0 Å². The van der Waals surface area contributed by atoms with Gasteiger partial charge in [-0.1, -0.05) is 56.3 Å². The Morgan fingerprint density at radius 3 is 2.47 bits per heavy atom. The Morgan fingerprint density at radius 2 is 1.78 bits per heavy atom. The Hall–Kier alpha value is -4.21. The largest absolute Gasteiger partial charge is 0.416 e. The van der Waals surface area contributed by atoms with Gasteiger partial charge >= 0.3 is 6.18 Å². The zero-order chi connectivity index (χ0) is 25.9. The topological polar surface area (TPSA) is 88.9 Å². The number of fused-ring (bicyclic) bond motifs is 1. The fourth-order valence-corrected chi connectivity index (χ4v) is 3.93. The standard InChI is InChI=1S/C26H24F3N5O2/c1-16(2)24(33-23(35)12-18-8-5-7-17-6-3-4-9-20(17)18)25(36)32-21-13-19(26(27,28)29)10-11-22(21)34-15-30-14-31-34/h3-11,13-16,24H,12H2,1-2H3,(H,32,36)(H,33,35)/t24-/m1/s1. The lowest BCUT2D eigenvalue weighted by atomic mass is 10.00. The monoisotopic (exact) mass is 495 g/mol. The highest BCUT2D eigenvalue weighted by molar-refractivity contribution is 5.99. The molecule has 0 unspecified atom stereocenters. The number of nitrogens with zero attached hydrogens (tertiary/aromatic N) is 3. The normalized spacial score (nSPS) is 12.5. The zero-order valence-corrected chi connectivity index (χ0v) is 19.6. The van der Waals surface area contributed by atoms with Crippen LogP contribution in [0, 0.1) is 5.92 Å². The number of rotatable bonds is 7. The van der Waals surface area contributed by atoms with Crippen molar-refractivity contribution in [3.05, 3.63) is 84.4 Å². The van der Waals surface area contributed by atoms with Gasteiger partial charge in [0.15, 0.2) is 0 Å². The van der Waals surface area contributed by atoms with E-state index < -0.39 is 23.7 Å². The van der Waals surface area contributed by atoms with Crippen molar-refractivity contribution < 1.29 is 22.8 Å². The maximum atomic E-state index is 13.4. The van der Waals surface area contributed by atoms with Gasteiger partial charge in [-0.3, -0.25) is 9.59 Å². The van der Waals surface area contributed by atoms with Crippen LogP contribution < -0.4 is 10.6 Å². The van der Waals surface area contributed by atoms with Crippen LogP contribution in [0.5, 0.6) is 0 Å². The fourth-order valence-electron chi connectivity index (χ4n) is 3.93. The molecule has 1 atom stereocenters. The minimum absolute atomic E-state index is 0.0472. The molecule has 36 heavy (non-hydrogen) atoms. The van der Waals surface area contributed by atoms with Crippen LogP contribution in [0.2, 0.25) is 0 Å². The molecule has 0 bridgehead atoms. The molecular formula is C26H24F3N5O2. The molecule has 0 radical (unpaired) electrons. The first-order valence-corrected chi connectivity index (χ1v) is 11.3. The summed E-state index contributed by atoms with van der Waals surface area (Å²) in [5.74, 6) is -1.35. The molecule has 4 aromatic rings. The highest BCUT2D eigenvalue weighted by Gasteiger charge is 2.32. The Kier molecular flexibility index (Phi) is 7.05. The molecule has 10 heteroatoms. The number of carbonyl (C=O) groups is 2. The Morgan fingerprint density at radius 1 is 1.03 bits per heavy atom. The van der Waals surface area contributed by atoms with Gasteiger partial charge in [0.05, 0.1) is 23.4 Å². The highest BCUT2D eigenvalue weighted by atomic mass is 19.4. The molecule has 1 heterocycles. The summed E-state index contributed by atoms with van der Waals surface area (Å²) in [7, 11) is 0. The van der Waals surface area contributed by atoms with Crippen LogP contribution in [0.1, 0.15) is 25.0 Å². The van der Waals surface area contributed by atoms with Crippen molar-refractivity contribution in [1.82, 2.24) is 20.1 Å². The number of hydrogen-bond donors (Lipinski definition) is 2. The number of aromatic nitrogens is 3. The number of nitrogens with one attached hydrogen (secondary N) is 2. The summed E-state index contributed by atoms with van der Waals surface area (Å²) in [5, 5.41) is 11.2. The number of benzene rings is 3. The van der Waals surface area contributed by atoms with E-state index in [1.54, 1.807) is 13.8 Å². The number of carbonyl (C=O) groups excluding carboxylic acids is 2. The van der Waals surface area contributed by atoms with Gasteiger partial charge in [0.1, 0.15) is 18.7 Å². The third kappa shape index (κ3) is 5.54. The van der Waals surface area contributed by atoms with E-state index in [0.29, 0.717) is 0 Å². The molecular weight excluding hydrogens is 471 g/mol. The number of halogens is 3. The minimum atomic E-state index is -4.61. The van der Waals surface area contributed by atoms with Gasteiger partial charge in [-0.15, -0.1) is 0 Å². The first-order chi connectivity index (χ1) is 17.1. The first-order valence-electron chi connectivity index (χ1n) is 11.3. The third-order valence-electron chi connectivity index (χ3n) is 5.74. The first kappa shape index (κ1) is 24.9. The molecule has 0 saturated carbocycles. The lowest BCUT2D eigenvalue weighted by molar-refractivity contribution is -0.137. The molecule has 2 N–H and O–H groups in total. The van der Waals surface area contributed by atoms with E-state index in [4.69, 9.17) is 0 Å². The SMILES string of the molecule is CC(C)[C@@H](NC(=O)Cc1cccc2ccccc12)C(=O)Nc1cc(C(F)(F)F)ccc1-n1cncn1. The van der Waals surface area contributed by atoms with E-state index in [-0.39, 0.29) is 29.6 Å². The Bertz CT molecular complexity index is 1380. The molecule has 186 valence electrons. The van der Waals surface area contributed by atoms with E-state index in [1.165, 1.54) is 23.4 Å². The van der Waals surface area contributed by atoms with E-state index in [2.05, 4.69) is 20.7 Å². The maximum Gasteiger partial charge on any atom is 0.416 e. The van der Waals surface area contributed by atoms with Gasteiger partial charge in [0, 0.05) is 0 Å². The molecule has 0 saturated heterocycles. The van der Waals surface area contributed by atoms with Crippen molar-refractivity contribution in [2.75, 3.05) is 5.32 Å². The summed E-state index contributed by atoms with van der Waals surface area (Å²) < 4.78 is 41.3. The molecule has 2 amide bonds.